The standard InChI is InChI=1S/C14H16N6O2S/c1-2-20-14(17-10-18-20)13-16-7-8-19(13)9-11-3-5-12(6-4-11)23(15,21)22/h3-8,10H,2,9H2,1H3,(H2,15,21,22). The predicted octanol–water partition coefficient (Wildman–Crippen LogP) is 0.857. The Hall–Kier alpha value is -2.52. The van der Waals surface area contributed by atoms with Crippen LogP contribution in [0.3, 0.4) is 0 Å². The van der Waals surface area contributed by atoms with Crippen LogP contribution in [0.4, 0.5) is 0 Å². The minimum atomic E-state index is -3.67. The molecule has 0 saturated carbocycles. The predicted molar refractivity (Wildman–Crippen MR) is 83.8 cm³/mol. The van der Waals surface area contributed by atoms with Gasteiger partial charge in [-0.2, -0.15) is 5.10 Å². The summed E-state index contributed by atoms with van der Waals surface area (Å²) in [6.07, 6.45) is 5.04. The van der Waals surface area contributed by atoms with Crippen molar-refractivity contribution < 1.29 is 8.42 Å². The second kappa shape index (κ2) is 5.94. The van der Waals surface area contributed by atoms with Crippen LogP contribution in [-0.4, -0.2) is 32.7 Å². The molecule has 0 aliphatic heterocycles. The van der Waals surface area contributed by atoms with Gasteiger partial charge in [-0.1, -0.05) is 12.1 Å². The van der Waals surface area contributed by atoms with E-state index in [0.717, 1.165) is 5.56 Å². The minimum absolute atomic E-state index is 0.0952. The number of nitrogens with zero attached hydrogens (tertiary/aromatic N) is 5. The van der Waals surface area contributed by atoms with Gasteiger partial charge in [0.2, 0.25) is 10.0 Å². The number of sulfonamides is 1. The zero-order valence-electron chi connectivity index (χ0n) is 12.5. The average Bonchev–Trinajstić information content (AvgIpc) is 3.14. The molecular formula is C14H16N6O2S. The molecule has 0 radical (unpaired) electrons. The molecule has 2 heterocycles. The highest BCUT2D eigenvalue weighted by Gasteiger charge is 2.13. The van der Waals surface area contributed by atoms with Crippen molar-refractivity contribution in [3.05, 3.63) is 48.5 Å². The van der Waals surface area contributed by atoms with Gasteiger partial charge in [0.1, 0.15) is 6.33 Å². The van der Waals surface area contributed by atoms with Gasteiger partial charge in [-0.15, -0.1) is 0 Å². The fourth-order valence-corrected chi connectivity index (χ4v) is 2.81. The van der Waals surface area contributed by atoms with E-state index in [4.69, 9.17) is 5.14 Å². The minimum Gasteiger partial charge on any atom is -0.324 e. The first-order valence-corrected chi connectivity index (χ1v) is 8.54. The van der Waals surface area contributed by atoms with Crippen LogP contribution in [0.2, 0.25) is 0 Å². The van der Waals surface area contributed by atoms with E-state index in [1.807, 2.05) is 17.7 Å². The molecule has 9 heteroatoms. The zero-order chi connectivity index (χ0) is 16.4. The maximum absolute atomic E-state index is 11.3. The van der Waals surface area contributed by atoms with Crippen LogP contribution in [0.1, 0.15) is 12.5 Å². The van der Waals surface area contributed by atoms with E-state index in [1.165, 1.54) is 18.5 Å². The van der Waals surface area contributed by atoms with Crippen LogP contribution in [0, 0.1) is 0 Å². The zero-order valence-corrected chi connectivity index (χ0v) is 13.3. The van der Waals surface area contributed by atoms with Gasteiger partial charge >= 0.3 is 0 Å². The van der Waals surface area contributed by atoms with E-state index in [2.05, 4.69) is 15.1 Å². The van der Waals surface area contributed by atoms with Crippen LogP contribution in [0.5, 0.6) is 0 Å². The molecule has 0 saturated heterocycles. The number of hydrogen-bond acceptors (Lipinski definition) is 5. The SMILES string of the molecule is CCn1ncnc1-c1nccn1Cc1ccc(S(N)(=O)=O)cc1. The molecule has 0 atom stereocenters. The Morgan fingerprint density at radius 1 is 1.13 bits per heavy atom. The summed E-state index contributed by atoms with van der Waals surface area (Å²) in [5.41, 5.74) is 0.930. The summed E-state index contributed by atoms with van der Waals surface area (Å²) in [6.45, 7) is 3.22. The van der Waals surface area contributed by atoms with Crippen LogP contribution in [0.15, 0.2) is 47.9 Å². The maximum atomic E-state index is 11.3. The smallest absolute Gasteiger partial charge is 0.238 e. The molecule has 0 bridgehead atoms. The van der Waals surface area contributed by atoms with Gasteiger partial charge in [0.05, 0.1) is 4.90 Å². The molecule has 2 N–H and O–H groups in total. The van der Waals surface area contributed by atoms with E-state index in [-0.39, 0.29) is 4.90 Å². The van der Waals surface area contributed by atoms with Gasteiger partial charge in [0.25, 0.3) is 0 Å². The number of nitrogens with two attached hydrogens (primary N) is 1. The normalized spacial score (nSPS) is 11.7. The third-order valence-corrected chi connectivity index (χ3v) is 4.36. The number of hydrogen-bond donors (Lipinski definition) is 1. The fraction of sp³-hybridized carbons (Fsp3) is 0.214. The highest BCUT2D eigenvalue weighted by atomic mass is 32.2. The quantitative estimate of drug-likeness (QED) is 0.745. The van der Waals surface area contributed by atoms with Crippen LogP contribution in [-0.2, 0) is 23.1 Å². The first-order chi connectivity index (χ1) is 11.0. The Bertz CT molecular complexity index is 911. The molecule has 120 valence electrons. The Labute approximate surface area is 133 Å². The van der Waals surface area contributed by atoms with Gasteiger partial charge in [0, 0.05) is 25.5 Å². The van der Waals surface area contributed by atoms with Crippen molar-refractivity contribution in [2.24, 2.45) is 5.14 Å². The monoisotopic (exact) mass is 332 g/mol. The molecule has 2 aromatic heterocycles. The van der Waals surface area contributed by atoms with Crippen molar-refractivity contribution >= 4 is 10.0 Å². The Morgan fingerprint density at radius 3 is 2.52 bits per heavy atom. The van der Waals surface area contributed by atoms with Crippen LogP contribution in [0.25, 0.3) is 11.6 Å². The highest BCUT2D eigenvalue weighted by Crippen LogP contribution is 2.17. The van der Waals surface area contributed by atoms with Crippen LogP contribution >= 0.6 is 0 Å². The van der Waals surface area contributed by atoms with E-state index in [0.29, 0.717) is 24.7 Å². The Morgan fingerprint density at radius 2 is 1.87 bits per heavy atom. The van der Waals surface area contributed by atoms with Crippen molar-refractivity contribution in [3.63, 3.8) is 0 Å². The molecule has 1 aromatic carbocycles. The fourth-order valence-electron chi connectivity index (χ4n) is 2.29. The first kappa shape index (κ1) is 15.4. The third-order valence-electron chi connectivity index (χ3n) is 3.44. The van der Waals surface area contributed by atoms with Crippen molar-refractivity contribution in [2.75, 3.05) is 0 Å². The topological polar surface area (TPSA) is 109 Å². The second-order valence-corrected chi connectivity index (χ2v) is 6.53. The maximum Gasteiger partial charge on any atom is 0.238 e. The Kier molecular flexibility index (Phi) is 3.97. The number of aryl methyl sites for hydroxylation is 1. The van der Waals surface area contributed by atoms with Gasteiger partial charge in [-0.25, -0.2) is 28.2 Å². The molecule has 3 rings (SSSR count). The number of primary sulfonamides is 1. The number of benzene rings is 1. The number of imidazole rings is 1. The molecule has 0 aliphatic rings. The van der Waals surface area contributed by atoms with E-state index in [9.17, 15) is 8.42 Å². The van der Waals surface area contributed by atoms with Crippen LogP contribution < -0.4 is 5.14 Å². The summed E-state index contributed by atoms with van der Waals surface area (Å²) in [5, 5.41) is 9.25. The van der Waals surface area contributed by atoms with Gasteiger partial charge < -0.3 is 4.57 Å². The molecule has 23 heavy (non-hydrogen) atoms. The van der Waals surface area contributed by atoms with Crippen molar-refractivity contribution in [2.45, 2.75) is 24.9 Å². The van der Waals surface area contributed by atoms with Crippen molar-refractivity contribution in [1.29, 1.82) is 0 Å². The van der Waals surface area contributed by atoms with Crippen molar-refractivity contribution in [3.8, 4) is 11.6 Å². The molecular weight excluding hydrogens is 316 g/mol. The van der Waals surface area contributed by atoms with Gasteiger partial charge in [-0.05, 0) is 24.6 Å². The van der Waals surface area contributed by atoms with E-state index >= 15 is 0 Å². The lowest BCUT2D eigenvalue weighted by atomic mass is 10.2. The first-order valence-electron chi connectivity index (χ1n) is 7.00. The molecule has 0 unspecified atom stereocenters. The lowest BCUT2D eigenvalue weighted by Gasteiger charge is -2.08. The summed E-state index contributed by atoms with van der Waals surface area (Å²) >= 11 is 0. The average molecular weight is 332 g/mol. The number of aromatic nitrogens is 5. The largest absolute Gasteiger partial charge is 0.324 e. The van der Waals surface area contributed by atoms with Gasteiger partial charge in [-0.3, -0.25) is 0 Å². The van der Waals surface area contributed by atoms with E-state index < -0.39 is 10.0 Å². The summed E-state index contributed by atoms with van der Waals surface area (Å²) in [5.74, 6) is 1.40. The Balaban J connectivity index is 1.89. The van der Waals surface area contributed by atoms with Crippen molar-refractivity contribution in [1.82, 2.24) is 24.3 Å². The summed E-state index contributed by atoms with van der Waals surface area (Å²) < 4.78 is 26.3. The molecule has 3 aromatic rings. The summed E-state index contributed by atoms with van der Waals surface area (Å²) in [4.78, 5) is 8.69. The van der Waals surface area contributed by atoms with Gasteiger partial charge in [0.15, 0.2) is 11.6 Å². The molecule has 0 amide bonds. The second-order valence-electron chi connectivity index (χ2n) is 4.97. The summed E-state index contributed by atoms with van der Waals surface area (Å²) in [7, 11) is -3.67. The number of rotatable bonds is 5. The molecule has 0 aliphatic carbocycles. The third kappa shape index (κ3) is 3.15. The lowest BCUT2D eigenvalue weighted by molar-refractivity contribution is 0.597. The molecule has 0 fully saturated rings. The lowest BCUT2D eigenvalue weighted by Crippen LogP contribution is -2.12. The van der Waals surface area contributed by atoms with E-state index in [1.54, 1.807) is 23.0 Å². The summed E-state index contributed by atoms with van der Waals surface area (Å²) in [6, 6.07) is 6.45. The highest BCUT2D eigenvalue weighted by molar-refractivity contribution is 7.89. The molecule has 8 nitrogen and oxygen atoms in total. The molecule has 0 spiro atoms.